The molecule has 5 nitrogen and oxygen atoms in total. The number of ether oxygens (including phenoxy) is 2. The first-order chi connectivity index (χ1) is 8.30. The standard InChI is InChI=1S/C11H19N3O2S/c1-4-12-9-8-10(14-11(13-9)17-3)16-7-5-6-15-2/h8H,4-7H2,1-3H3,(H,12,13,14). The first-order valence-corrected chi connectivity index (χ1v) is 6.81. The Morgan fingerprint density at radius 1 is 1.35 bits per heavy atom. The third kappa shape index (κ3) is 5.23. The summed E-state index contributed by atoms with van der Waals surface area (Å²) in [5.74, 6) is 1.41. The lowest BCUT2D eigenvalue weighted by Crippen LogP contribution is -2.06. The molecule has 1 heterocycles. The Kier molecular flexibility index (Phi) is 6.73. The van der Waals surface area contributed by atoms with Crippen molar-refractivity contribution in [2.75, 3.05) is 38.4 Å². The molecule has 0 fully saturated rings. The first-order valence-electron chi connectivity index (χ1n) is 5.58. The van der Waals surface area contributed by atoms with Crippen LogP contribution in [-0.4, -0.2) is 43.1 Å². The predicted octanol–water partition coefficient (Wildman–Crippen LogP) is 2.05. The van der Waals surface area contributed by atoms with E-state index in [1.54, 1.807) is 7.11 Å². The minimum atomic E-state index is 0.601. The van der Waals surface area contributed by atoms with Crippen molar-refractivity contribution in [3.05, 3.63) is 6.07 Å². The van der Waals surface area contributed by atoms with E-state index in [2.05, 4.69) is 15.3 Å². The summed E-state index contributed by atoms with van der Waals surface area (Å²) in [6.07, 6.45) is 2.80. The number of methoxy groups -OCH3 is 1. The number of thioether (sulfide) groups is 1. The van der Waals surface area contributed by atoms with E-state index < -0.39 is 0 Å². The van der Waals surface area contributed by atoms with Crippen LogP contribution in [0.2, 0.25) is 0 Å². The lowest BCUT2D eigenvalue weighted by Gasteiger charge is -2.08. The van der Waals surface area contributed by atoms with E-state index >= 15 is 0 Å². The van der Waals surface area contributed by atoms with Gasteiger partial charge >= 0.3 is 0 Å². The fourth-order valence-corrected chi connectivity index (χ4v) is 1.59. The van der Waals surface area contributed by atoms with Crippen molar-refractivity contribution in [1.29, 1.82) is 0 Å². The molecule has 0 atom stereocenters. The molecule has 1 aromatic rings. The van der Waals surface area contributed by atoms with Crippen LogP contribution in [0.5, 0.6) is 5.88 Å². The SMILES string of the molecule is CCNc1cc(OCCCOC)nc(SC)n1. The van der Waals surface area contributed by atoms with Gasteiger partial charge in [0.25, 0.3) is 0 Å². The topological polar surface area (TPSA) is 56.3 Å². The minimum Gasteiger partial charge on any atom is -0.477 e. The Labute approximate surface area is 106 Å². The second-order valence-electron chi connectivity index (χ2n) is 3.30. The third-order valence-corrected chi connectivity index (χ3v) is 2.51. The largest absolute Gasteiger partial charge is 0.477 e. The normalized spacial score (nSPS) is 10.3. The molecule has 0 aliphatic carbocycles. The minimum absolute atomic E-state index is 0.601. The van der Waals surface area contributed by atoms with Gasteiger partial charge in [0, 0.05) is 32.7 Å². The Balaban J connectivity index is 2.59. The number of rotatable bonds is 8. The van der Waals surface area contributed by atoms with Gasteiger partial charge in [-0.25, -0.2) is 4.98 Å². The zero-order valence-corrected chi connectivity index (χ0v) is 11.3. The Hall–Kier alpha value is -1.01. The number of hydrogen-bond acceptors (Lipinski definition) is 6. The number of nitrogens with one attached hydrogen (secondary N) is 1. The first kappa shape index (κ1) is 14.1. The van der Waals surface area contributed by atoms with Crippen molar-refractivity contribution >= 4 is 17.6 Å². The van der Waals surface area contributed by atoms with Crippen LogP contribution in [0.1, 0.15) is 13.3 Å². The molecular formula is C11H19N3O2S. The molecule has 0 radical (unpaired) electrons. The van der Waals surface area contributed by atoms with Gasteiger partial charge in [0.15, 0.2) is 5.16 Å². The molecule has 6 heteroatoms. The van der Waals surface area contributed by atoms with Crippen molar-refractivity contribution in [2.24, 2.45) is 0 Å². The number of nitrogens with zero attached hydrogens (tertiary/aromatic N) is 2. The molecule has 0 aliphatic heterocycles. The molecule has 1 aromatic heterocycles. The van der Waals surface area contributed by atoms with Crippen LogP contribution in [0.4, 0.5) is 5.82 Å². The summed E-state index contributed by atoms with van der Waals surface area (Å²) in [4.78, 5) is 8.60. The molecule has 0 saturated heterocycles. The highest BCUT2D eigenvalue weighted by Gasteiger charge is 2.04. The van der Waals surface area contributed by atoms with E-state index in [1.807, 2.05) is 19.2 Å². The fraction of sp³-hybridized carbons (Fsp3) is 0.636. The van der Waals surface area contributed by atoms with Gasteiger partial charge in [-0.3, -0.25) is 0 Å². The van der Waals surface area contributed by atoms with Crippen LogP contribution < -0.4 is 10.1 Å². The molecule has 0 saturated carbocycles. The third-order valence-electron chi connectivity index (χ3n) is 1.97. The molecule has 0 aliphatic rings. The van der Waals surface area contributed by atoms with Crippen LogP contribution in [0, 0.1) is 0 Å². The maximum absolute atomic E-state index is 5.55. The lowest BCUT2D eigenvalue weighted by molar-refractivity contribution is 0.170. The van der Waals surface area contributed by atoms with Gasteiger partial charge in [0.1, 0.15) is 5.82 Å². The smallest absolute Gasteiger partial charge is 0.219 e. The molecule has 0 amide bonds. The monoisotopic (exact) mass is 257 g/mol. The van der Waals surface area contributed by atoms with Gasteiger partial charge in [-0.1, -0.05) is 11.8 Å². The maximum Gasteiger partial charge on any atom is 0.219 e. The van der Waals surface area contributed by atoms with Crippen LogP contribution in [0.15, 0.2) is 11.2 Å². The summed E-state index contributed by atoms with van der Waals surface area (Å²) < 4.78 is 10.5. The van der Waals surface area contributed by atoms with E-state index in [-0.39, 0.29) is 0 Å². The second kappa shape index (κ2) is 8.14. The molecule has 1 N–H and O–H groups in total. The van der Waals surface area contributed by atoms with Crippen molar-refractivity contribution in [3.8, 4) is 5.88 Å². The van der Waals surface area contributed by atoms with Crippen LogP contribution in [0.3, 0.4) is 0 Å². The van der Waals surface area contributed by atoms with E-state index in [4.69, 9.17) is 9.47 Å². The summed E-state index contributed by atoms with van der Waals surface area (Å²) in [6.45, 7) is 4.15. The fourth-order valence-electron chi connectivity index (χ4n) is 1.22. The number of hydrogen-bond donors (Lipinski definition) is 1. The molecule has 17 heavy (non-hydrogen) atoms. The molecule has 0 spiro atoms. The van der Waals surface area contributed by atoms with Crippen LogP contribution >= 0.6 is 11.8 Å². The highest BCUT2D eigenvalue weighted by molar-refractivity contribution is 7.98. The van der Waals surface area contributed by atoms with Gasteiger partial charge in [0.2, 0.25) is 5.88 Å². The number of aromatic nitrogens is 2. The molecule has 1 rings (SSSR count). The van der Waals surface area contributed by atoms with E-state index in [0.717, 1.165) is 18.8 Å². The van der Waals surface area contributed by atoms with Crippen molar-refractivity contribution in [2.45, 2.75) is 18.5 Å². The van der Waals surface area contributed by atoms with Gasteiger partial charge in [-0.15, -0.1) is 0 Å². The van der Waals surface area contributed by atoms with Crippen LogP contribution in [0.25, 0.3) is 0 Å². The van der Waals surface area contributed by atoms with E-state index in [9.17, 15) is 0 Å². The molecule has 0 aromatic carbocycles. The highest BCUT2D eigenvalue weighted by atomic mass is 32.2. The zero-order chi connectivity index (χ0) is 12.5. The summed E-state index contributed by atoms with van der Waals surface area (Å²) >= 11 is 1.50. The van der Waals surface area contributed by atoms with Crippen molar-refractivity contribution < 1.29 is 9.47 Å². The number of anilines is 1. The summed E-state index contributed by atoms with van der Waals surface area (Å²) in [7, 11) is 1.68. The van der Waals surface area contributed by atoms with E-state index in [0.29, 0.717) is 24.3 Å². The quantitative estimate of drug-likeness (QED) is 0.437. The average molecular weight is 257 g/mol. The molecule has 0 unspecified atom stereocenters. The van der Waals surface area contributed by atoms with Gasteiger partial charge in [0.05, 0.1) is 6.61 Å². The zero-order valence-electron chi connectivity index (χ0n) is 10.5. The molecule has 96 valence electrons. The highest BCUT2D eigenvalue weighted by Crippen LogP contribution is 2.18. The van der Waals surface area contributed by atoms with Crippen molar-refractivity contribution in [3.63, 3.8) is 0 Å². The van der Waals surface area contributed by atoms with Crippen molar-refractivity contribution in [1.82, 2.24) is 9.97 Å². The Morgan fingerprint density at radius 3 is 2.82 bits per heavy atom. The lowest BCUT2D eigenvalue weighted by atomic mass is 10.5. The second-order valence-corrected chi connectivity index (χ2v) is 4.08. The maximum atomic E-state index is 5.55. The van der Waals surface area contributed by atoms with Gasteiger partial charge in [-0.2, -0.15) is 4.98 Å². The molecule has 0 bridgehead atoms. The molecular weight excluding hydrogens is 238 g/mol. The summed E-state index contributed by atoms with van der Waals surface area (Å²) in [5.41, 5.74) is 0. The Bertz CT molecular complexity index is 336. The van der Waals surface area contributed by atoms with Crippen LogP contribution in [-0.2, 0) is 4.74 Å². The van der Waals surface area contributed by atoms with Gasteiger partial charge < -0.3 is 14.8 Å². The summed E-state index contributed by atoms with van der Waals surface area (Å²) in [6, 6.07) is 1.82. The summed E-state index contributed by atoms with van der Waals surface area (Å²) in [5, 5.41) is 3.87. The van der Waals surface area contributed by atoms with Gasteiger partial charge in [-0.05, 0) is 13.2 Å². The Morgan fingerprint density at radius 2 is 2.18 bits per heavy atom. The van der Waals surface area contributed by atoms with E-state index in [1.165, 1.54) is 11.8 Å². The average Bonchev–Trinajstić information content (AvgIpc) is 2.35. The predicted molar refractivity (Wildman–Crippen MR) is 70.0 cm³/mol.